The Morgan fingerprint density at radius 2 is 1.56 bits per heavy atom. The smallest absolute Gasteiger partial charge is 0.311 e. The summed E-state index contributed by atoms with van der Waals surface area (Å²) in [6, 6.07) is 27.3. The summed E-state index contributed by atoms with van der Waals surface area (Å²) in [5.41, 5.74) is 2.50. The molecular weight excluding hydrogens is 519 g/mol. The summed E-state index contributed by atoms with van der Waals surface area (Å²) >= 11 is 0. The number of hydrogen-bond donors (Lipinski definition) is 0. The highest BCUT2D eigenvalue weighted by atomic mass is 31.1. The van der Waals surface area contributed by atoms with E-state index in [0.717, 1.165) is 28.3 Å². The van der Waals surface area contributed by atoms with Crippen LogP contribution in [0.3, 0.4) is 0 Å². The van der Waals surface area contributed by atoms with Gasteiger partial charge in [-0.3, -0.25) is 9.59 Å². The molecule has 3 aromatic rings. The van der Waals surface area contributed by atoms with E-state index in [1.165, 1.54) is 5.30 Å². The first kappa shape index (κ1) is 29.0. The largest absolute Gasteiger partial charge is 0.498 e. The number of hydrogen-bond acceptors (Lipinski definition) is 4. The van der Waals surface area contributed by atoms with Crippen LogP contribution in [0.5, 0.6) is 0 Å². The molecule has 0 aromatic heterocycles. The summed E-state index contributed by atoms with van der Waals surface area (Å²) in [5, 5.41) is 1.24. The summed E-state index contributed by atoms with van der Waals surface area (Å²) in [5.74, 6) is -0.509. The van der Waals surface area contributed by atoms with Crippen molar-refractivity contribution in [3.63, 3.8) is 0 Å². The summed E-state index contributed by atoms with van der Waals surface area (Å²) in [4.78, 5) is 26.7. The summed E-state index contributed by atoms with van der Waals surface area (Å²) in [6.45, 7) is 11.6. The van der Waals surface area contributed by atoms with Gasteiger partial charge in [0.1, 0.15) is 5.76 Å². The number of carbonyl (C=O) groups excluding carboxylic acids is 2. The van der Waals surface area contributed by atoms with E-state index in [-0.39, 0.29) is 12.2 Å². The maximum absolute atomic E-state index is 14.0. The van der Waals surface area contributed by atoms with Gasteiger partial charge in [0.05, 0.1) is 12.5 Å². The van der Waals surface area contributed by atoms with Crippen molar-refractivity contribution in [2.75, 3.05) is 13.3 Å². The van der Waals surface area contributed by atoms with Crippen LogP contribution in [0.4, 0.5) is 0 Å². The zero-order valence-electron chi connectivity index (χ0n) is 23.6. The van der Waals surface area contributed by atoms with E-state index >= 15 is 0 Å². The zero-order valence-corrected chi connectivity index (χ0v) is 25.6. The monoisotopic (exact) mass is 558 g/mol. The molecule has 39 heavy (non-hydrogen) atoms. The van der Waals surface area contributed by atoms with Crippen molar-refractivity contribution in [3.05, 3.63) is 113 Å². The summed E-state index contributed by atoms with van der Waals surface area (Å²) < 4.78 is 12.7. The van der Waals surface area contributed by atoms with Gasteiger partial charge in [0, 0.05) is 43.7 Å². The van der Waals surface area contributed by atoms with E-state index in [2.05, 4.69) is 50.6 Å². The standard InChI is InChI=1S/C33H39O4PSi/c1-24-11-9-10-14-31(24)33(26-12-7-6-8-13-26,27-15-17-30(38-2)18-16-27)37-32(35)25-21-28(34)23-29(22-25)36-19-20-39(3,4)5/h6-18,23,25,38H,19-22H2,1-5H3. The lowest BCUT2D eigenvalue weighted by atomic mass is 9.78. The van der Waals surface area contributed by atoms with Gasteiger partial charge in [0.25, 0.3) is 0 Å². The van der Waals surface area contributed by atoms with Crippen molar-refractivity contribution in [2.45, 2.75) is 51.1 Å². The minimum atomic E-state index is -1.28. The van der Waals surface area contributed by atoms with Crippen LogP contribution in [0, 0.1) is 12.8 Å². The van der Waals surface area contributed by atoms with Crippen LogP contribution in [-0.2, 0) is 24.7 Å². The van der Waals surface area contributed by atoms with Crippen LogP contribution >= 0.6 is 8.58 Å². The molecule has 6 heteroatoms. The van der Waals surface area contributed by atoms with Crippen molar-refractivity contribution in [3.8, 4) is 0 Å². The minimum absolute atomic E-state index is 0.0966. The van der Waals surface area contributed by atoms with Crippen LogP contribution in [-0.4, -0.2) is 33.1 Å². The number of rotatable bonds is 10. The van der Waals surface area contributed by atoms with Crippen molar-refractivity contribution in [2.24, 2.45) is 5.92 Å². The van der Waals surface area contributed by atoms with Gasteiger partial charge in [-0.15, -0.1) is 0 Å². The molecule has 0 amide bonds. The Kier molecular flexibility index (Phi) is 9.25. The van der Waals surface area contributed by atoms with Crippen LogP contribution in [0.15, 0.2) is 90.7 Å². The Morgan fingerprint density at radius 3 is 2.21 bits per heavy atom. The predicted octanol–water partition coefficient (Wildman–Crippen LogP) is 6.98. The van der Waals surface area contributed by atoms with E-state index in [1.807, 2.05) is 61.5 Å². The molecule has 0 radical (unpaired) electrons. The molecule has 0 spiro atoms. The number of aryl methyl sites for hydroxylation is 1. The van der Waals surface area contributed by atoms with Crippen molar-refractivity contribution in [1.29, 1.82) is 0 Å². The second-order valence-corrected chi connectivity index (χ2v) is 18.2. The first-order valence-corrected chi connectivity index (χ1v) is 18.8. The lowest BCUT2D eigenvalue weighted by Crippen LogP contribution is -2.39. The number of ether oxygens (including phenoxy) is 2. The fourth-order valence-corrected chi connectivity index (χ4v) is 6.22. The Labute approximate surface area is 235 Å². The lowest BCUT2D eigenvalue weighted by Gasteiger charge is -2.37. The van der Waals surface area contributed by atoms with Crippen LogP contribution in [0.2, 0.25) is 25.7 Å². The van der Waals surface area contributed by atoms with Gasteiger partial charge >= 0.3 is 5.97 Å². The molecule has 0 fully saturated rings. The van der Waals surface area contributed by atoms with E-state index < -0.39 is 25.6 Å². The van der Waals surface area contributed by atoms with Gasteiger partial charge in [0.2, 0.25) is 0 Å². The van der Waals surface area contributed by atoms with E-state index in [9.17, 15) is 9.59 Å². The molecule has 0 saturated carbocycles. The third-order valence-corrected chi connectivity index (χ3v) is 9.84. The average molecular weight is 559 g/mol. The second-order valence-electron chi connectivity index (χ2n) is 11.5. The van der Waals surface area contributed by atoms with Crippen molar-refractivity contribution < 1.29 is 19.1 Å². The molecular formula is C33H39O4PSi. The molecule has 204 valence electrons. The maximum Gasteiger partial charge on any atom is 0.311 e. The number of esters is 1. The fourth-order valence-electron chi connectivity index (χ4n) is 5.01. The molecule has 3 atom stereocenters. The molecule has 4 nitrogen and oxygen atoms in total. The molecule has 1 aliphatic rings. The molecule has 0 N–H and O–H groups in total. The molecule has 0 aliphatic heterocycles. The fraction of sp³-hybridized carbons (Fsp3) is 0.333. The first-order chi connectivity index (χ1) is 18.6. The highest BCUT2D eigenvalue weighted by Crippen LogP contribution is 2.43. The number of allylic oxidation sites excluding steroid dienone is 2. The number of benzene rings is 3. The topological polar surface area (TPSA) is 52.6 Å². The SMILES string of the molecule is CPc1ccc(C(OC(=O)C2CC(=O)C=C(OCC[Si](C)(C)C)C2)(c2ccccc2)c2ccccc2C)cc1. The lowest BCUT2D eigenvalue weighted by molar-refractivity contribution is -0.160. The average Bonchev–Trinajstić information content (AvgIpc) is 2.91. The zero-order chi connectivity index (χ0) is 28.0. The van der Waals surface area contributed by atoms with Crippen LogP contribution in [0.25, 0.3) is 0 Å². The second kappa shape index (κ2) is 12.4. The minimum Gasteiger partial charge on any atom is -0.498 e. The van der Waals surface area contributed by atoms with E-state index in [4.69, 9.17) is 9.47 Å². The maximum atomic E-state index is 14.0. The van der Waals surface area contributed by atoms with Gasteiger partial charge < -0.3 is 9.47 Å². The summed E-state index contributed by atoms with van der Waals surface area (Å²) in [6.07, 6.45) is 2.04. The van der Waals surface area contributed by atoms with Crippen LogP contribution in [0.1, 0.15) is 35.1 Å². The molecule has 1 aliphatic carbocycles. The number of carbonyl (C=O) groups is 2. The Bertz CT molecular complexity index is 1330. The van der Waals surface area contributed by atoms with Gasteiger partial charge in [-0.2, -0.15) is 0 Å². The first-order valence-electron chi connectivity index (χ1n) is 13.6. The van der Waals surface area contributed by atoms with E-state index in [1.54, 1.807) is 6.08 Å². The Hall–Kier alpha value is -3.01. The highest BCUT2D eigenvalue weighted by Gasteiger charge is 2.43. The third-order valence-electron chi connectivity index (χ3n) is 7.23. The Balaban J connectivity index is 1.74. The highest BCUT2D eigenvalue weighted by molar-refractivity contribution is 7.46. The quantitative estimate of drug-likeness (QED) is 0.117. The van der Waals surface area contributed by atoms with Gasteiger partial charge in [-0.1, -0.05) is 107 Å². The normalized spacial score (nSPS) is 17.5. The van der Waals surface area contributed by atoms with Crippen molar-refractivity contribution >= 4 is 33.7 Å². The van der Waals surface area contributed by atoms with Crippen LogP contribution < -0.4 is 5.30 Å². The third kappa shape index (κ3) is 6.95. The van der Waals surface area contributed by atoms with Gasteiger partial charge in [-0.25, -0.2) is 0 Å². The molecule has 3 aromatic carbocycles. The molecule has 4 rings (SSSR count). The Morgan fingerprint density at radius 1 is 0.923 bits per heavy atom. The molecule has 0 saturated heterocycles. The summed E-state index contributed by atoms with van der Waals surface area (Å²) in [7, 11) is -0.615. The van der Waals surface area contributed by atoms with Gasteiger partial charge in [-0.05, 0) is 30.5 Å². The van der Waals surface area contributed by atoms with Gasteiger partial charge in [0.15, 0.2) is 11.4 Å². The number of ketones is 1. The molecule has 0 heterocycles. The molecule has 3 unspecified atom stereocenters. The van der Waals surface area contributed by atoms with Crippen molar-refractivity contribution in [1.82, 2.24) is 0 Å². The molecule has 0 bridgehead atoms. The predicted molar refractivity (Wildman–Crippen MR) is 164 cm³/mol. The van der Waals surface area contributed by atoms with E-state index in [0.29, 0.717) is 27.4 Å².